The molecule has 1 aliphatic rings. The second-order valence-corrected chi connectivity index (χ2v) is 5.25. The van der Waals surface area contributed by atoms with E-state index in [1.54, 1.807) is 36.4 Å². The summed E-state index contributed by atoms with van der Waals surface area (Å²) in [6, 6.07) is 5.25. The van der Waals surface area contributed by atoms with Crippen molar-refractivity contribution in [2.24, 2.45) is 0 Å². The number of methoxy groups -OCH3 is 1. The Hall–Kier alpha value is -2.83. The smallest absolute Gasteiger partial charge is 0.243 e. The van der Waals surface area contributed by atoms with Gasteiger partial charge in [0.2, 0.25) is 11.8 Å². The summed E-state index contributed by atoms with van der Waals surface area (Å²) < 4.78 is 10.6. The highest BCUT2D eigenvalue weighted by Gasteiger charge is 2.22. The van der Waals surface area contributed by atoms with E-state index in [1.165, 1.54) is 6.39 Å². The van der Waals surface area contributed by atoms with Crippen molar-refractivity contribution in [2.45, 2.75) is 12.8 Å². The standard InChI is InChI=1S/C16H17N3O4/c1-22-13-7-11(4-5-12(13)14-8-17-10-23-14)18-15(20)9-19-6-2-3-16(19)21/h4-5,7-8,10H,2-3,6,9H2,1H3,(H,18,20). The number of oxazole rings is 1. The highest BCUT2D eigenvalue weighted by Crippen LogP contribution is 2.32. The Bertz CT molecular complexity index is 712. The van der Waals surface area contributed by atoms with Gasteiger partial charge in [0.25, 0.3) is 0 Å². The normalized spacial score (nSPS) is 14.1. The molecular weight excluding hydrogens is 298 g/mol. The van der Waals surface area contributed by atoms with Gasteiger partial charge in [0.05, 0.1) is 25.4 Å². The molecule has 1 fully saturated rings. The molecule has 1 aromatic heterocycles. The summed E-state index contributed by atoms with van der Waals surface area (Å²) in [5.41, 5.74) is 1.35. The van der Waals surface area contributed by atoms with E-state index in [0.717, 1.165) is 12.0 Å². The van der Waals surface area contributed by atoms with E-state index in [1.807, 2.05) is 0 Å². The minimum absolute atomic E-state index is 0.0263. The SMILES string of the molecule is COc1cc(NC(=O)CN2CCCC2=O)ccc1-c1cnco1. The number of nitrogens with one attached hydrogen (secondary N) is 1. The topological polar surface area (TPSA) is 84.7 Å². The van der Waals surface area contributed by atoms with Crippen LogP contribution < -0.4 is 10.1 Å². The molecule has 2 heterocycles. The average Bonchev–Trinajstić information content (AvgIpc) is 3.20. The maximum absolute atomic E-state index is 12.1. The lowest BCUT2D eigenvalue weighted by atomic mass is 10.1. The molecular formula is C16H17N3O4. The summed E-state index contributed by atoms with van der Waals surface area (Å²) in [5.74, 6) is 0.951. The molecule has 2 amide bonds. The van der Waals surface area contributed by atoms with Gasteiger partial charge in [0, 0.05) is 24.7 Å². The van der Waals surface area contributed by atoms with Crippen LogP contribution in [-0.4, -0.2) is 41.9 Å². The van der Waals surface area contributed by atoms with Crippen molar-refractivity contribution >= 4 is 17.5 Å². The van der Waals surface area contributed by atoms with Crippen molar-refractivity contribution in [3.63, 3.8) is 0 Å². The van der Waals surface area contributed by atoms with Crippen molar-refractivity contribution in [1.82, 2.24) is 9.88 Å². The van der Waals surface area contributed by atoms with Crippen molar-refractivity contribution < 1.29 is 18.7 Å². The lowest BCUT2D eigenvalue weighted by Crippen LogP contribution is -2.33. The summed E-state index contributed by atoms with van der Waals surface area (Å²) in [4.78, 5) is 29.0. The number of likely N-dealkylation sites (tertiary alicyclic amines) is 1. The van der Waals surface area contributed by atoms with Crippen molar-refractivity contribution in [3.8, 4) is 17.1 Å². The highest BCUT2D eigenvalue weighted by atomic mass is 16.5. The number of carbonyl (C=O) groups excluding carboxylic acids is 2. The van der Waals surface area contributed by atoms with Gasteiger partial charge in [0.1, 0.15) is 5.75 Å². The van der Waals surface area contributed by atoms with Crippen LogP contribution in [0.4, 0.5) is 5.69 Å². The average molecular weight is 315 g/mol. The Morgan fingerprint density at radius 2 is 2.35 bits per heavy atom. The van der Waals surface area contributed by atoms with Crippen LogP contribution in [0.25, 0.3) is 11.3 Å². The molecule has 0 radical (unpaired) electrons. The largest absolute Gasteiger partial charge is 0.496 e. The number of carbonyl (C=O) groups is 2. The molecule has 1 saturated heterocycles. The second-order valence-electron chi connectivity index (χ2n) is 5.25. The summed E-state index contributed by atoms with van der Waals surface area (Å²) >= 11 is 0. The maximum Gasteiger partial charge on any atom is 0.243 e. The third-order valence-corrected chi connectivity index (χ3v) is 3.69. The first-order chi connectivity index (χ1) is 11.2. The van der Waals surface area contributed by atoms with Crippen LogP contribution in [0.3, 0.4) is 0 Å². The summed E-state index contributed by atoms with van der Waals surface area (Å²) in [6.07, 6.45) is 4.27. The fourth-order valence-electron chi connectivity index (χ4n) is 2.57. The molecule has 0 aliphatic carbocycles. The van der Waals surface area contributed by atoms with Gasteiger partial charge in [0.15, 0.2) is 12.2 Å². The molecule has 3 rings (SSSR count). The predicted octanol–water partition coefficient (Wildman–Crippen LogP) is 1.91. The van der Waals surface area contributed by atoms with Gasteiger partial charge >= 0.3 is 0 Å². The molecule has 23 heavy (non-hydrogen) atoms. The first kappa shape index (κ1) is 15.1. The number of benzene rings is 1. The molecule has 1 N–H and O–H groups in total. The van der Waals surface area contributed by atoms with E-state index in [9.17, 15) is 9.59 Å². The zero-order chi connectivity index (χ0) is 16.2. The number of hydrogen-bond acceptors (Lipinski definition) is 5. The van der Waals surface area contributed by atoms with Gasteiger partial charge in [-0.2, -0.15) is 0 Å². The molecule has 1 aliphatic heterocycles. The van der Waals surface area contributed by atoms with E-state index in [2.05, 4.69) is 10.3 Å². The van der Waals surface area contributed by atoms with Gasteiger partial charge in [-0.05, 0) is 18.6 Å². The first-order valence-corrected chi connectivity index (χ1v) is 7.32. The molecule has 0 saturated carbocycles. The Kier molecular flexibility index (Phi) is 4.27. The van der Waals surface area contributed by atoms with Gasteiger partial charge in [-0.3, -0.25) is 9.59 Å². The number of anilines is 1. The molecule has 7 heteroatoms. The summed E-state index contributed by atoms with van der Waals surface area (Å²) in [5, 5.41) is 2.78. The molecule has 120 valence electrons. The van der Waals surface area contributed by atoms with Gasteiger partial charge in [-0.25, -0.2) is 4.98 Å². The molecule has 0 atom stereocenters. The maximum atomic E-state index is 12.1. The van der Waals surface area contributed by atoms with Crippen LogP contribution in [0.2, 0.25) is 0 Å². The Labute approximate surface area is 133 Å². The van der Waals surface area contributed by atoms with E-state index < -0.39 is 0 Å². The van der Waals surface area contributed by atoms with Crippen LogP contribution in [-0.2, 0) is 9.59 Å². The van der Waals surface area contributed by atoms with Crippen LogP contribution in [0.15, 0.2) is 35.2 Å². The van der Waals surface area contributed by atoms with Crippen LogP contribution in [0.1, 0.15) is 12.8 Å². The Balaban J connectivity index is 1.71. The fraction of sp³-hybridized carbons (Fsp3) is 0.312. The van der Waals surface area contributed by atoms with Crippen molar-refractivity contribution in [1.29, 1.82) is 0 Å². The number of rotatable bonds is 5. The lowest BCUT2D eigenvalue weighted by molar-refractivity contribution is -0.131. The molecule has 0 spiro atoms. The quantitative estimate of drug-likeness (QED) is 0.911. The molecule has 1 aromatic carbocycles. The molecule has 0 bridgehead atoms. The van der Waals surface area contributed by atoms with Crippen LogP contribution in [0, 0.1) is 0 Å². The van der Waals surface area contributed by atoms with E-state index in [0.29, 0.717) is 30.2 Å². The second kappa shape index (κ2) is 6.51. The minimum Gasteiger partial charge on any atom is -0.496 e. The first-order valence-electron chi connectivity index (χ1n) is 7.32. The number of ether oxygens (including phenoxy) is 1. The molecule has 2 aromatic rings. The number of amides is 2. The fourth-order valence-corrected chi connectivity index (χ4v) is 2.57. The third-order valence-electron chi connectivity index (χ3n) is 3.69. The van der Waals surface area contributed by atoms with Gasteiger partial charge in [-0.15, -0.1) is 0 Å². The van der Waals surface area contributed by atoms with Gasteiger partial charge < -0.3 is 19.4 Å². The Morgan fingerprint density at radius 1 is 1.48 bits per heavy atom. The van der Waals surface area contributed by atoms with E-state index in [-0.39, 0.29) is 18.4 Å². The van der Waals surface area contributed by atoms with Crippen LogP contribution in [0.5, 0.6) is 5.75 Å². The molecule has 7 nitrogen and oxygen atoms in total. The predicted molar refractivity (Wildman–Crippen MR) is 82.9 cm³/mol. The minimum atomic E-state index is -0.227. The van der Waals surface area contributed by atoms with Crippen LogP contribution >= 0.6 is 0 Å². The van der Waals surface area contributed by atoms with Crippen molar-refractivity contribution in [3.05, 3.63) is 30.8 Å². The van der Waals surface area contributed by atoms with Gasteiger partial charge in [-0.1, -0.05) is 0 Å². The number of aromatic nitrogens is 1. The lowest BCUT2D eigenvalue weighted by Gasteiger charge is -2.15. The zero-order valence-electron chi connectivity index (χ0n) is 12.7. The summed E-state index contributed by atoms with van der Waals surface area (Å²) in [7, 11) is 1.55. The van der Waals surface area contributed by atoms with Crippen molar-refractivity contribution in [2.75, 3.05) is 25.5 Å². The summed E-state index contributed by atoms with van der Waals surface area (Å²) in [6.45, 7) is 0.713. The van der Waals surface area contributed by atoms with E-state index in [4.69, 9.17) is 9.15 Å². The zero-order valence-corrected chi connectivity index (χ0v) is 12.7. The molecule has 0 unspecified atom stereocenters. The Morgan fingerprint density at radius 3 is 3.00 bits per heavy atom. The monoisotopic (exact) mass is 315 g/mol. The number of hydrogen-bond donors (Lipinski definition) is 1. The highest BCUT2D eigenvalue weighted by molar-refractivity contribution is 5.95. The number of nitrogens with zero attached hydrogens (tertiary/aromatic N) is 2. The third kappa shape index (κ3) is 3.33. The van der Waals surface area contributed by atoms with E-state index >= 15 is 0 Å².